The average molecular weight is 483 g/mol. The molecular formula is C24H16Cl2N2O3S. The fourth-order valence-corrected chi connectivity index (χ4v) is 3.76. The zero-order chi connectivity index (χ0) is 22.7. The van der Waals surface area contributed by atoms with E-state index >= 15 is 0 Å². The molecule has 0 saturated carbocycles. The molecule has 2 amide bonds. The summed E-state index contributed by atoms with van der Waals surface area (Å²) in [6.45, 7) is 0.370. The van der Waals surface area contributed by atoms with Crippen molar-refractivity contribution in [2.75, 3.05) is 4.90 Å². The Morgan fingerprint density at radius 3 is 2.38 bits per heavy atom. The Bertz CT molecular complexity index is 1230. The summed E-state index contributed by atoms with van der Waals surface area (Å²) in [6.07, 6.45) is 1.47. The highest BCUT2D eigenvalue weighted by atomic mass is 35.5. The zero-order valence-corrected chi connectivity index (χ0v) is 18.9. The summed E-state index contributed by atoms with van der Waals surface area (Å²) < 4.78 is 5.77. The van der Waals surface area contributed by atoms with E-state index in [1.807, 2.05) is 30.3 Å². The molecule has 1 aliphatic heterocycles. The molecule has 0 spiro atoms. The number of carbonyl (C=O) groups excluding carboxylic acids is 2. The predicted octanol–water partition coefficient (Wildman–Crippen LogP) is 5.40. The first-order chi connectivity index (χ1) is 15.4. The van der Waals surface area contributed by atoms with E-state index in [-0.39, 0.29) is 10.7 Å². The van der Waals surface area contributed by atoms with E-state index in [0.717, 1.165) is 5.56 Å². The summed E-state index contributed by atoms with van der Waals surface area (Å²) in [4.78, 5) is 26.8. The van der Waals surface area contributed by atoms with Gasteiger partial charge in [-0.15, -0.1) is 0 Å². The molecule has 5 nitrogen and oxygen atoms in total. The number of hydrogen-bond acceptors (Lipinski definition) is 4. The second-order valence-electron chi connectivity index (χ2n) is 6.90. The van der Waals surface area contributed by atoms with Crippen molar-refractivity contribution in [1.82, 2.24) is 5.32 Å². The van der Waals surface area contributed by atoms with Crippen LogP contribution in [0.2, 0.25) is 10.0 Å². The monoisotopic (exact) mass is 482 g/mol. The Balaban J connectivity index is 1.57. The summed E-state index contributed by atoms with van der Waals surface area (Å²) in [5.41, 5.74) is 2.02. The maximum Gasteiger partial charge on any atom is 0.270 e. The summed E-state index contributed by atoms with van der Waals surface area (Å²) >= 11 is 17.5. The zero-order valence-electron chi connectivity index (χ0n) is 16.5. The second-order valence-corrected chi connectivity index (χ2v) is 8.13. The second kappa shape index (κ2) is 9.53. The number of rotatable bonds is 5. The van der Waals surface area contributed by atoms with Crippen LogP contribution in [0.25, 0.3) is 6.08 Å². The maximum atomic E-state index is 13.1. The van der Waals surface area contributed by atoms with Crippen molar-refractivity contribution in [2.24, 2.45) is 0 Å². The van der Waals surface area contributed by atoms with Crippen molar-refractivity contribution < 1.29 is 14.3 Å². The maximum absolute atomic E-state index is 13.1. The minimum absolute atomic E-state index is 0.00200. The topological polar surface area (TPSA) is 58.6 Å². The van der Waals surface area contributed by atoms with Crippen LogP contribution in [0, 0.1) is 0 Å². The number of hydrogen-bond donors (Lipinski definition) is 1. The molecule has 0 radical (unpaired) electrons. The number of thiocarbonyl (C=S) groups is 1. The molecule has 1 heterocycles. The third-order valence-corrected chi connectivity index (χ3v) is 5.52. The molecule has 0 bridgehead atoms. The van der Waals surface area contributed by atoms with Crippen molar-refractivity contribution in [2.45, 2.75) is 6.61 Å². The third kappa shape index (κ3) is 4.83. The van der Waals surface area contributed by atoms with Gasteiger partial charge in [-0.05, 0) is 65.8 Å². The molecule has 0 aliphatic carbocycles. The molecule has 32 heavy (non-hydrogen) atoms. The van der Waals surface area contributed by atoms with Crippen LogP contribution in [0.4, 0.5) is 5.69 Å². The van der Waals surface area contributed by atoms with Crippen LogP contribution >= 0.6 is 35.4 Å². The van der Waals surface area contributed by atoms with E-state index in [0.29, 0.717) is 33.7 Å². The number of nitrogens with one attached hydrogen (secondary N) is 1. The third-order valence-electron chi connectivity index (χ3n) is 4.69. The Morgan fingerprint density at radius 1 is 0.969 bits per heavy atom. The van der Waals surface area contributed by atoms with E-state index in [2.05, 4.69) is 5.32 Å². The minimum atomic E-state index is -0.578. The quantitative estimate of drug-likeness (QED) is 0.300. The fourth-order valence-electron chi connectivity index (χ4n) is 3.11. The highest BCUT2D eigenvalue weighted by molar-refractivity contribution is 7.80. The van der Waals surface area contributed by atoms with E-state index < -0.39 is 11.8 Å². The summed E-state index contributed by atoms with van der Waals surface area (Å²) in [7, 11) is 0. The standard InChI is InChI=1S/C24H16Cl2N2O3S/c25-17-7-9-18(10-8-17)28-23(30)19(22(29)27-24(28)32)12-16-6-11-21(20(26)13-16)31-14-15-4-2-1-3-5-15/h1-13H,14H2,(H,27,29,32). The highest BCUT2D eigenvalue weighted by Crippen LogP contribution is 2.28. The Morgan fingerprint density at radius 2 is 1.69 bits per heavy atom. The largest absolute Gasteiger partial charge is 0.487 e. The molecule has 1 N–H and O–H groups in total. The first kappa shape index (κ1) is 22.0. The smallest absolute Gasteiger partial charge is 0.270 e. The molecule has 3 aromatic rings. The van der Waals surface area contributed by atoms with Crippen LogP contribution in [0.3, 0.4) is 0 Å². The molecule has 8 heteroatoms. The van der Waals surface area contributed by atoms with Crippen LogP contribution < -0.4 is 15.0 Å². The summed E-state index contributed by atoms with van der Waals surface area (Å²) in [5, 5.41) is 3.43. The van der Waals surface area contributed by atoms with E-state index in [9.17, 15) is 9.59 Å². The van der Waals surface area contributed by atoms with Gasteiger partial charge < -0.3 is 4.74 Å². The van der Waals surface area contributed by atoms with Gasteiger partial charge in [0.1, 0.15) is 17.9 Å². The predicted molar refractivity (Wildman–Crippen MR) is 130 cm³/mol. The van der Waals surface area contributed by atoms with Gasteiger partial charge in [0.2, 0.25) is 0 Å². The summed E-state index contributed by atoms with van der Waals surface area (Å²) in [5.74, 6) is -0.617. The van der Waals surface area contributed by atoms with Gasteiger partial charge in [0, 0.05) is 5.02 Å². The molecule has 1 aliphatic rings. The summed E-state index contributed by atoms with van der Waals surface area (Å²) in [6, 6.07) is 21.3. The van der Waals surface area contributed by atoms with Gasteiger partial charge in [0.25, 0.3) is 11.8 Å². The molecule has 3 aromatic carbocycles. The fraction of sp³-hybridized carbons (Fsp3) is 0.0417. The van der Waals surface area contributed by atoms with Gasteiger partial charge in [-0.2, -0.15) is 0 Å². The van der Waals surface area contributed by atoms with Crippen molar-refractivity contribution >= 4 is 64.1 Å². The Hall–Kier alpha value is -3.19. The van der Waals surface area contributed by atoms with Crippen LogP contribution in [-0.2, 0) is 16.2 Å². The molecule has 1 fully saturated rings. The van der Waals surface area contributed by atoms with Gasteiger partial charge in [-0.25, -0.2) is 0 Å². The van der Waals surface area contributed by atoms with E-state index in [4.69, 9.17) is 40.2 Å². The lowest BCUT2D eigenvalue weighted by Gasteiger charge is -2.29. The lowest BCUT2D eigenvalue weighted by molar-refractivity contribution is -0.122. The number of carbonyl (C=O) groups is 2. The van der Waals surface area contributed by atoms with Crippen molar-refractivity contribution in [3.63, 3.8) is 0 Å². The minimum Gasteiger partial charge on any atom is -0.487 e. The van der Waals surface area contributed by atoms with Crippen LogP contribution in [0.1, 0.15) is 11.1 Å². The Labute approximate surface area is 200 Å². The number of nitrogens with zero attached hydrogens (tertiary/aromatic N) is 1. The average Bonchev–Trinajstić information content (AvgIpc) is 2.78. The molecule has 160 valence electrons. The number of amides is 2. The lowest BCUT2D eigenvalue weighted by Crippen LogP contribution is -2.54. The van der Waals surface area contributed by atoms with Gasteiger partial charge >= 0.3 is 0 Å². The van der Waals surface area contributed by atoms with Crippen molar-refractivity contribution in [1.29, 1.82) is 0 Å². The molecule has 0 unspecified atom stereocenters. The number of anilines is 1. The Kier molecular flexibility index (Phi) is 6.55. The molecular weight excluding hydrogens is 467 g/mol. The van der Waals surface area contributed by atoms with Gasteiger partial charge in [0.05, 0.1) is 10.7 Å². The number of halogens is 2. The van der Waals surface area contributed by atoms with Crippen LogP contribution in [0.15, 0.2) is 78.4 Å². The molecule has 0 aromatic heterocycles. The number of ether oxygens (including phenoxy) is 1. The van der Waals surface area contributed by atoms with Crippen molar-refractivity contribution in [3.05, 3.63) is 99.5 Å². The highest BCUT2D eigenvalue weighted by Gasteiger charge is 2.34. The van der Waals surface area contributed by atoms with Crippen LogP contribution in [-0.4, -0.2) is 16.9 Å². The van der Waals surface area contributed by atoms with Crippen LogP contribution in [0.5, 0.6) is 5.75 Å². The molecule has 0 atom stereocenters. The van der Waals surface area contributed by atoms with Gasteiger partial charge in [-0.3, -0.25) is 19.8 Å². The lowest BCUT2D eigenvalue weighted by atomic mass is 10.1. The van der Waals surface area contributed by atoms with Gasteiger partial charge in [0.15, 0.2) is 5.11 Å². The molecule has 4 rings (SSSR count). The van der Waals surface area contributed by atoms with E-state index in [1.54, 1.807) is 42.5 Å². The first-order valence-corrected chi connectivity index (χ1v) is 10.7. The van der Waals surface area contributed by atoms with Crippen molar-refractivity contribution in [3.8, 4) is 5.75 Å². The number of benzene rings is 3. The van der Waals surface area contributed by atoms with E-state index in [1.165, 1.54) is 11.0 Å². The van der Waals surface area contributed by atoms with Gasteiger partial charge in [-0.1, -0.05) is 59.6 Å². The normalized spacial score (nSPS) is 15.1. The molecule has 1 saturated heterocycles. The first-order valence-electron chi connectivity index (χ1n) is 9.55. The SMILES string of the molecule is O=C1NC(=S)N(c2ccc(Cl)cc2)C(=O)C1=Cc1ccc(OCc2ccccc2)c(Cl)c1.